The molecule has 1 atom stereocenters. The van der Waals surface area contributed by atoms with Gasteiger partial charge in [-0.3, -0.25) is 0 Å². The van der Waals surface area contributed by atoms with Crippen LogP contribution in [0.4, 0.5) is 10.5 Å². The molecule has 1 N–H and O–H groups in total. The van der Waals surface area contributed by atoms with Gasteiger partial charge in [-0.25, -0.2) is 4.79 Å². The number of amides is 1. The number of aryl methyl sites for hydroxylation is 1. The molecule has 2 fully saturated rings. The van der Waals surface area contributed by atoms with E-state index in [-0.39, 0.29) is 12.2 Å². The average Bonchev–Trinajstić information content (AvgIpc) is 3.04. The first-order chi connectivity index (χ1) is 12.3. The van der Waals surface area contributed by atoms with E-state index in [2.05, 4.69) is 35.3 Å². The molecule has 0 spiro atoms. The third-order valence-electron chi connectivity index (χ3n) is 4.66. The van der Waals surface area contributed by atoms with E-state index in [1.54, 1.807) is 4.90 Å². The predicted molar refractivity (Wildman–Crippen MR) is 103 cm³/mol. The van der Waals surface area contributed by atoms with Gasteiger partial charge in [-0.1, -0.05) is 6.07 Å². The first-order valence-electron chi connectivity index (χ1n) is 9.53. The van der Waals surface area contributed by atoms with E-state index < -0.39 is 5.60 Å². The van der Waals surface area contributed by atoms with Crippen LogP contribution in [0.2, 0.25) is 0 Å². The van der Waals surface area contributed by atoms with E-state index in [1.165, 1.54) is 5.56 Å². The van der Waals surface area contributed by atoms with E-state index in [0.29, 0.717) is 13.1 Å². The maximum Gasteiger partial charge on any atom is 0.410 e. The van der Waals surface area contributed by atoms with Crippen molar-refractivity contribution < 1.29 is 14.3 Å². The molecule has 0 saturated carbocycles. The van der Waals surface area contributed by atoms with Crippen LogP contribution in [0.15, 0.2) is 18.2 Å². The van der Waals surface area contributed by atoms with E-state index in [0.717, 1.165) is 44.0 Å². The standard InChI is InChI=1S/C20H31N3O3/c1-15-5-6-18(17(13-15)22-11-8-21-9-12-22)25-16-7-10-23(14-16)19(24)26-20(2,3)4/h5-6,13,16,21H,7-12,14H2,1-4H3. The molecular weight excluding hydrogens is 330 g/mol. The Morgan fingerprint density at radius 1 is 1.19 bits per heavy atom. The lowest BCUT2D eigenvalue weighted by Gasteiger charge is -2.31. The van der Waals surface area contributed by atoms with Crippen molar-refractivity contribution in [3.05, 3.63) is 23.8 Å². The molecule has 144 valence electrons. The number of piperazine rings is 1. The number of carbonyl (C=O) groups excluding carboxylic acids is 1. The van der Waals surface area contributed by atoms with Crippen LogP contribution in [0, 0.1) is 6.92 Å². The Kier molecular flexibility index (Phi) is 5.61. The highest BCUT2D eigenvalue weighted by Crippen LogP contribution is 2.32. The molecular formula is C20H31N3O3. The molecule has 1 aromatic carbocycles. The fourth-order valence-corrected chi connectivity index (χ4v) is 3.38. The number of nitrogens with zero attached hydrogens (tertiary/aromatic N) is 2. The average molecular weight is 361 g/mol. The molecule has 2 heterocycles. The number of carbonyl (C=O) groups is 1. The van der Waals surface area contributed by atoms with Crippen LogP contribution in [-0.4, -0.2) is 62.0 Å². The number of benzene rings is 1. The lowest BCUT2D eigenvalue weighted by atomic mass is 10.1. The molecule has 1 amide bonds. The Morgan fingerprint density at radius 2 is 1.92 bits per heavy atom. The van der Waals surface area contributed by atoms with E-state index in [9.17, 15) is 4.79 Å². The number of rotatable bonds is 3. The van der Waals surface area contributed by atoms with Gasteiger partial charge in [0, 0.05) is 39.1 Å². The summed E-state index contributed by atoms with van der Waals surface area (Å²) in [6.07, 6.45) is 0.579. The molecule has 2 aliphatic heterocycles. The second-order valence-corrected chi connectivity index (χ2v) is 8.16. The largest absolute Gasteiger partial charge is 0.486 e. The lowest BCUT2D eigenvalue weighted by molar-refractivity contribution is 0.0276. The monoisotopic (exact) mass is 361 g/mol. The first kappa shape index (κ1) is 18.8. The quantitative estimate of drug-likeness (QED) is 0.897. The second-order valence-electron chi connectivity index (χ2n) is 8.16. The van der Waals surface area contributed by atoms with Crippen molar-refractivity contribution in [2.75, 3.05) is 44.2 Å². The van der Waals surface area contributed by atoms with Crippen LogP contribution >= 0.6 is 0 Å². The minimum Gasteiger partial charge on any atom is -0.486 e. The molecule has 0 aliphatic carbocycles. The molecule has 1 aromatic rings. The molecule has 2 saturated heterocycles. The number of hydrogen-bond acceptors (Lipinski definition) is 5. The van der Waals surface area contributed by atoms with Crippen molar-refractivity contribution in [3.8, 4) is 5.75 Å². The topological polar surface area (TPSA) is 54.0 Å². The van der Waals surface area contributed by atoms with Crippen LogP contribution in [0.25, 0.3) is 0 Å². The van der Waals surface area contributed by atoms with Crippen molar-refractivity contribution >= 4 is 11.8 Å². The number of likely N-dealkylation sites (tertiary alicyclic amines) is 1. The molecule has 0 radical (unpaired) electrons. The summed E-state index contributed by atoms with van der Waals surface area (Å²) < 4.78 is 11.8. The third kappa shape index (κ3) is 4.81. The van der Waals surface area contributed by atoms with Gasteiger partial charge in [-0.15, -0.1) is 0 Å². The summed E-state index contributed by atoms with van der Waals surface area (Å²) in [4.78, 5) is 16.4. The minimum absolute atomic E-state index is 0.00638. The van der Waals surface area contributed by atoms with Crippen molar-refractivity contribution in [3.63, 3.8) is 0 Å². The fraction of sp³-hybridized carbons (Fsp3) is 0.650. The van der Waals surface area contributed by atoms with Gasteiger partial charge in [-0.2, -0.15) is 0 Å². The Bertz CT molecular complexity index is 636. The van der Waals surface area contributed by atoms with Gasteiger partial charge in [0.1, 0.15) is 17.5 Å². The Labute approximate surface area is 156 Å². The maximum atomic E-state index is 12.3. The zero-order chi connectivity index (χ0) is 18.7. The Balaban J connectivity index is 1.65. The van der Waals surface area contributed by atoms with Gasteiger partial charge in [0.2, 0.25) is 0 Å². The van der Waals surface area contributed by atoms with Gasteiger partial charge < -0.3 is 24.6 Å². The summed E-state index contributed by atoms with van der Waals surface area (Å²) in [5.74, 6) is 0.911. The number of anilines is 1. The van der Waals surface area contributed by atoms with Crippen molar-refractivity contribution in [2.24, 2.45) is 0 Å². The number of hydrogen-bond donors (Lipinski definition) is 1. The highest BCUT2D eigenvalue weighted by molar-refractivity contribution is 5.68. The Hall–Kier alpha value is -1.95. The van der Waals surface area contributed by atoms with Crippen LogP contribution in [0.3, 0.4) is 0 Å². The Morgan fingerprint density at radius 3 is 2.62 bits per heavy atom. The normalized spacial score (nSPS) is 21.0. The van der Waals surface area contributed by atoms with E-state index >= 15 is 0 Å². The smallest absolute Gasteiger partial charge is 0.410 e. The molecule has 3 rings (SSSR count). The summed E-state index contributed by atoms with van der Waals surface area (Å²) in [5.41, 5.74) is 1.91. The summed E-state index contributed by atoms with van der Waals surface area (Å²) in [6, 6.07) is 6.34. The number of ether oxygens (including phenoxy) is 2. The first-order valence-corrected chi connectivity index (χ1v) is 9.53. The zero-order valence-corrected chi connectivity index (χ0v) is 16.4. The minimum atomic E-state index is -0.470. The predicted octanol–water partition coefficient (Wildman–Crippen LogP) is 2.79. The van der Waals surface area contributed by atoms with Gasteiger partial charge in [0.05, 0.1) is 12.2 Å². The molecule has 0 bridgehead atoms. The lowest BCUT2D eigenvalue weighted by Crippen LogP contribution is -2.43. The maximum absolute atomic E-state index is 12.3. The van der Waals surface area contributed by atoms with Gasteiger partial charge in [0.15, 0.2) is 0 Å². The number of nitrogens with one attached hydrogen (secondary N) is 1. The van der Waals surface area contributed by atoms with Crippen molar-refractivity contribution in [1.29, 1.82) is 0 Å². The van der Waals surface area contributed by atoms with E-state index in [4.69, 9.17) is 9.47 Å². The molecule has 1 unspecified atom stereocenters. The van der Waals surface area contributed by atoms with Crippen LogP contribution in [0.5, 0.6) is 5.75 Å². The summed E-state index contributed by atoms with van der Waals surface area (Å²) in [7, 11) is 0. The van der Waals surface area contributed by atoms with Crippen molar-refractivity contribution in [1.82, 2.24) is 10.2 Å². The molecule has 0 aromatic heterocycles. The SMILES string of the molecule is Cc1ccc(OC2CCN(C(=O)OC(C)(C)C)C2)c(N2CCNCC2)c1. The zero-order valence-electron chi connectivity index (χ0n) is 16.4. The fourth-order valence-electron chi connectivity index (χ4n) is 3.38. The molecule has 2 aliphatic rings. The van der Waals surface area contributed by atoms with E-state index in [1.807, 2.05) is 20.8 Å². The van der Waals surface area contributed by atoms with Crippen molar-refractivity contribution in [2.45, 2.75) is 45.8 Å². The highest BCUT2D eigenvalue weighted by atomic mass is 16.6. The van der Waals surface area contributed by atoms with Gasteiger partial charge in [-0.05, 0) is 45.4 Å². The van der Waals surface area contributed by atoms with Crippen LogP contribution < -0.4 is 15.0 Å². The van der Waals surface area contributed by atoms with Crippen LogP contribution in [0.1, 0.15) is 32.8 Å². The van der Waals surface area contributed by atoms with Crippen LogP contribution in [-0.2, 0) is 4.74 Å². The molecule has 6 heteroatoms. The molecule has 6 nitrogen and oxygen atoms in total. The summed E-state index contributed by atoms with van der Waals surface area (Å²) in [6.45, 7) is 13.0. The second kappa shape index (κ2) is 7.74. The van der Waals surface area contributed by atoms with Gasteiger partial charge >= 0.3 is 6.09 Å². The molecule has 26 heavy (non-hydrogen) atoms. The van der Waals surface area contributed by atoms with Gasteiger partial charge in [0.25, 0.3) is 0 Å². The summed E-state index contributed by atoms with van der Waals surface area (Å²) >= 11 is 0. The highest BCUT2D eigenvalue weighted by Gasteiger charge is 2.31. The summed E-state index contributed by atoms with van der Waals surface area (Å²) in [5, 5.41) is 3.39. The third-order valence-corrected chi connectivity index (χ3v) is 4.66.